The normalized spacial score (nSPS) is 21.4. The van der Waals surface area contributed by atoms with E-state index in [1.165, 1.54) is 25.0 Å². The number of aromatic nitrogens is 1. The van der Waals surface area contributed by atoms with Crippen LogP contribution in [0.15, 0.2) is 18.2 Å². The van der Waals surface area contributed by atoms with Crippen LogP contribution in [0.3, 0.4) is 0 Å². The molecule has 0 bridgehead atoms. The van der Waals surface area contributed by atoms with E-state index in [2.05, 4.69) is 22.4 Å². The van der Waals surface area contributed by atoms with E-state index in [9.17, 15) is 0 Å². The summed E-state index contributed by atoms with van der Waals surface area (Å²) in [5.41, 5.74) is 2.32. The molecular weight excluding hydrogens is 196 g/mol. The van der Waals surface area contributed by atoms with Crippen LogP contribution in [0, 0.1) is 6.92 Å². The van der Waals surface area contributed by atoms with E-state index < -0.39 is 0 Å². The van der Waals surface area contributed by atoms with Gasteiger partial charge in [0, 0.05) is 11.7 Å². The van der Waals surface area contributed by atoms with Gasteiger partial charge in [0.15, 0.2) is 0 Å². The van der Waals surface area contributed by atoms with Crippen molar-refractivity contribution < 1.29 is 0 Å². The zero-order valence-corrected chi connectivity index (χ0v) is 9.31. The summed E-state index contributed by atoms with van der Waals surface area (Å²) in [7, 11) is 0. The van der Waals surface area contributed by atoms with Crippen molar-refractivity contribution in [1.82, 2.24) is 10.3 Å². The third-order valence-corrected chi connectivity index (χ3v) is 2.58. The van der Waals surface area contributed by atoms with Crippen LogP contribution in [0.1, 0.15) is 36.7 Å². The van der Waals surface area contributed by atoms with Gasteiger partial charge in [-0.25, -0.2) is 0 Å². The van der Waals surface area contributed by atoms with Crippen molar-refractivity contribution in [2.75, 3.05) is 6.54 Å². The first-order valence-corrected chi connectivity index (χ1v) is 5.03. The lowest BCUT2D eigenvalue weighted by molar-refractivity contribution is 0.405. The summed E-state index contributed by atoms with van der Waals surface area (Å²) in [5, 5.41) is 3.50. The van der Waals surface area contributed by atoms with E-state index in [0.717, 1.165) is 12.2 Å². The molecule has 1 aliphatic heterocycles. The van der Waals surface area contributed by atoms with Crippen LogP contribution in [0.25, 0.3) is 0 Å². The lowest BCUT2D eigenvalue weighted by Gasteiger charge is -2.22. The summed E-state index contributed by atoms with van der Waals surface area (Å²) in [4.78, 5) is 4.53. The number of pyridine rings is 1. The minimum absolute atomic E-state index is 0. The molecule has 78 valence electrons. The summed E-state index contributed by atoms with van der Waals surface area (Å²) in [6.07, 6.45) is 3.87. The number of hydrogen-bond acceptors (Lipinski definition) is 2. The summed E-state index contributed by atoms with van der Waals surface area (Å²) >= 11 is 0. The van der Waals surface area contributed by atoms with Gasteiger partial charge in [0.2, 0.25) is 0 Å². The molecule has 0 spiro atoms. The Morgan fingerprint density at radius 1 is 1.36 bits per heavy atom. The van der Waals surface area contributed by atoms with Crippen LogP contribution in [0.4, 0.5) is 0 Å². The van der Waals surface area contributed by atoms with E-state index in [1.807, 2.05) is 13.0 Å². The predicted octanol–water partition coefficient (Wildman–Crippen LogP) is 2.63. The lowest BCUT2D eigenvalue weighted by atomic mass is 10.0. The Morgan fingerprint density at radius 3 is 2.86 bits per heavy atom. The molecule has 1 atom stereocenters. The maximum absolute atomic E-state index is 4.53. The molecule has 0 amide bonds. The Balaban J connectivity index is 0.000000980. The maximum atomic E-state index is 4.53. The number of aryl methyl sites for hydroxylation is 1. The van der Waals surface area contributed by atoms with Gasteiger partial charge in [-0.2, -0.15) is 0 Å². The highest BCUT2D eigenvalue weighted by Gasteiger charge is 2.15. The second-order valence-corrected chi connectivity index (χ2v) is 3.71. The predicted molar refractivity (Wildman–Crippen MR) is 60.8 cm³/mol. The molecule has 14 heavy (non-hydrogen) atoms. The summed E-state index contributed by atoms with van der Waals surface area (Å²) in [5.74, 6) is 0. The number of piperidine rings is 1. The molecule has 1 saturated heterocycles. The molecule has 0 aliphatic carbocycles. The first-order valence-electron chi connectivity index (χ1n) is 5.03. The molecule has 1 N–H and O–H groups in total. The average molecular weight is 213 g/mol. The molecule has 1 aromatic rings. The standard InChI is InChI=1S/C11H16N2.ClH/c1-9-5-4-7-11(13-9)10-6-2-3-8-12-10;/h4-5,7,10,12H,2-3,6,8H2,1H3;1H/t10-;/m1./s1. The first-order chi connectivity index (χ1) is 6.36. The van der Waals surface area contributed by atoms with Gasteiger partial charge in [0.05, 0.1) is 5.69 Å². The van der Waals surface area contributed by atoms with Crippen molar-refractivity contribution in [3.05, 3.63) is 29.6 Å². The van der Waals surface area contributed by atoms with Crippen molar-refractivity contribution in [1.29, 1.82) is 0 Å². The largest absolute Gasteiger partial charge is 0.309 e. The first kappa shape index (κ1) is 11.5. The van der Waals surface area contributed by atoms with E-state index in [-0.39, 0.29) is 12.4 Å². The van der Waals surface area contributed by atoms with Crippen LogP contribution < -0.4 is 5.32 Å². The molecular formula is C11H17ClN2. The molecule has 0 unspecified atom stereocenters. The second-order valence-electron chi connectivity index (χ2n) is 3.71. The van der Waals surface area contributed by atoms with Crippen LogP contribution in [-0.4, -0.2) is 11.5 Å². The molecule has 1 fully saturated rings. The number of halogens is 1. The third-order valence-electron chi connectivity index (χ3n) is 2.58. The quantitative estimate of drug-likeness (QED) is 0.774. The van der Waals surface area contributed by atoms with Crippen molar-refractivity contribution in [2.24, 2.45) is 0 Å². The van der Waals surface area contributed by atoms with Crippen LogP contribution in [0.5, 0.6) is 0 Å². The van der Waals surface area contributed by atoms with Gasteiger partial charge in [-0.3, -0.25) is 4.98 Å². The molecule has 0 saturated carbocycles. The average Bonchev–Trinajstić information content (AvgIpc) is 2.19. The molecule has 1 aliphatic rings. The second kappa shape index (κ2) is 5.32. The Bertz CT molecular complexity index is 282. The molecule has 1 aromatic heterocycles. The Morgan fingerprint density at radius 2 is 2.21 bits per heavy atom. The topological polar surface area (TPSA) is 24.9 Å². The highest BCUT2D eigenvalue weighted by atomic mass is 35.5. The van der Waals surface area contributed by atoms with Crippen molar-refractivity contribution >= 4 is 12.4 Å². The SMILES string of the molecule is Cc1cccc([C@H]2CCCCN2)n1.Cl. The van der Waals surface area contributed by atoms with Crippen LogP contribution in [-0.2, 0) is 0 Å². The number of rotatable bonds is 1. The third kappa shape index (κ3) is 2.69. The van der Waals surface area contributed by atoms with Crippen LogP contribution >= 0.6 is 12.4 Å². The number of hydrogen-bond donors (Lipinski definition) is 1. The van der Waals surface area contributed by atoms with Gasteiger partial charge in [-0.05, 0) is 38.4 Å². The van der Waals surface area contributed by atoms with Gasteiger partial charge in [0.1, 0.15) is 0 Å². The monoisotopic (exact) mass is 212 g/mol. The van der Waals surface area contributed by atoms with E-state index in [0.29, 0.717) is 6.04 Å². The van der Waals surface area contributed by atoms with Gasteiger partial charge in [-0.15, -0.1) is 12.4 Å². The zero-order valence-electron chi connectivity index (χ0n) is 8.49. The fourth-order valence-corrected chi connectivity index (χ4v) is 1.86. The molecule has 2 rings (SSSR count). The Hall–Kier alpha value is -0.600. The van der Waals surface area contributed by atoms with E-state index in [1.54, 1.807) is 0 Å². The van der Waals surface area contributed by atoms with Crippen molar-refractivity contribution in [3.63, 3.8) is 0 Å². The van der Waals surface area contributed by atoms with Crippen molar-refractivity contribution in [2.45, 2.75) is 32.2 Å². The number of nitrogens with zero attached hydrogens (tertiary/aromatic N) is 1. The van der Waals surface area contributed by atoms with Gasteiger partial charge in [0.25, 0.3) is 0 Å². The summed E-state index contributed by atoms with van der Waals surface area (Å²) in [6.45, 7) is 3.19. The molecule has 0 radical (unpaired) electrons. The van der Waals surface area contributed by atoms with Gasteiger partial charge < -0.3 is 5.32 Å². The zero-order chi connectivity index (χ0) is 9.10. The molecule has 2 nitrogen and oxygen atoms in total. The van der Waals surface area contributed by atoms with E-state index >= 15 is 0 Å². The maximum Gasteiger partial charge on any atom is 0.0576 e. The van der Waals surface area contributed by atoms with Gasteiger partial charge in [-0.1, -0.05) is 12.5 Å². The smallest absolute Gasteiger partial charge is 0.0576 e. The van der Waals surface area contributed by atoms with Gasteiger partial charge >= 0.3 is 0 Å². The van der Waals surface area contributed by atoms with E-state index in [4.69, 9.17) is 0 Å². The summed E-state index contributed by atoms with van der Waals surface area (Å²) in [6, 6.07) is 6.75. The van der Waals surface area contributed by atoms with Crippen molar-refractivity contribution in [3.8, 4) is 0 Å². The fraction of sp³-hybridized carbons (Fsp3) is 0.545. The Kier molecular flexibility index (Phi) is 4.36. The number of nitrogens with one attached hydrogen (secondary N) is 1. The Labute approximate surface area is 91.5 Å². The minimum Gasteiger partial charge on any atom is -0.309 e. The minimum atomic E-state index is 0. The highest BCUT2D eigenvalue weighted by molar-refractivity contribution is 5.85. The molecule has 0 aromatic carbocycles. The van der Waals surface area contributed by atoms with Crippen LogP contribution in [0.2, 0.25) is 0 Å². The highest BCUT2D eigenvalue weighted by Crippen LogP contribution is 2.20. The molecule has 3 heteroatoms. The molecule has 2 heterocycles. The lowest BCUT2D eigenvalue weighted by Crippen LogP contribution is -2.27. The fourth-order valence-electron chi connectivity index (χ4n) is 1.86. The summed E-state index contributed by atoms with van der Waals surface area (Å²) < 4.78 is 0.